The van der Waals surface area contributed by atoms with Crippen molar-refractivity contribution in [3.05, 3.63) is 63.1 Å². The molecule has 178 valence electrons. The van der Waals surface area contributed by atoms with Crippen LogP contribution in [0, 0.1) is 0 Å². The van der Waals surface area contributed by atoms with Gasteiger partial charge in [-0.05, 0) is 48.2 Å². The summed E-state index contributed by atoms with van der Waals surface area (Å²) in [5.41, 5.74) is 2.69. The standard InChI is InChI=1S/C25H25Cl2N3O4/c1-29(25(34)28-16-8-10-20(26)21(27)12-16)13-15-4-2-6-18-19(15)14-30(24(18)33)22-11-9-17(31)5-3-7-23(22)32/h2,4,6,8,10,12,22H,3,5,7,9,11,13-14H2,1H3,(H,28,34). The third-order valence-electron chi connectivity index (χ3n) is 6.34. The first-order valence-corrected chi connectivity index (χ1v) is 11.9. The molecule has 0 spiro atoms. The highest BCUT2D eigenvalue weighted by Crippen LogP contribution is 2.31. The van der Waals surface area contributed by atoms with E-state index in [2.05, 4.69) is 5.32 Å². The molecule has 2 aromatic carbocycles. The minimum Gasteiger partial charge on any atom is -0.324 e. The van der Waals surface area contributed by atoms with Gasteiger partial charge in [-0.25, -0.2) is 4.79 Å². The van der Waals surface area contributed by atoms with E-state index in [0.29, 0.717) is 53.4 Å². The molecule has 1 unspecified atom stereocenters. The summed E-state index contributed by atoms with van der Waals surface area (Å²) in [7, 11) is 1.66. The van der Waals surface area contributed by atoms with E-state index in [9.17, 15) is 19.2 Å². The van der Waals surface area contributed by atoms with Crippen LogP contribution < -0.4 is 5.32 Å². The first-order valence-electron chi connectivity index (χ1n) is 11.2. The van der Waals surface area contributed by atoms with Gasteiger partial charge in [0.1, 0.15) is 5.78 Å². The van der Waals surface area contributed by atoms with Gasteiger partial charge in [-0.15, -0.1) is 0 Å². The Hall–Kier alpha value is -2.90. The Morgan fingerprint density at radius 2 is 1.88 bits per heavy atom. The smallest absolute Gasteiger partial charge is 0.321 e. The molecule has 34 heavy (non-hydrogen) atoms. The Labute approximate surface area is 208 Å². The van der Waals surface area contributed by atoms with E-state index in [4.69, 9.17) is 23.2 Å². The van der Waals surface area contributed by atoms with E-state index in [-0.39, 0.29) is 36.6 Å². The molecule has 2 aromatic rings. The number of carbonyl (C=O) groups is 4. The Morgan fingerprint density at radius 3 is 2.65 bits per heavy atom. The third-order valence-corrected chi connectivity index (χ3v) is 7.08. The number of rotatable bonds is 4. The van der Waals surface area contributed by atoms with Gasteiger partial charge in [0.15, 0.2) is 5.78 Å². The van der Waals surface area contributed by atoms with Gasteiger partial charge in [0.05, 0.1) is 16.1 Å². The molecule has 7 nitrogen and oxygen atoms in total. The Balaban J connectivity index is 1.49. The molecular formula is C25H25Cl2N3O4. The van der Waals surface area contributed by atoms with Crippen LogP contribution in [-0.2, 0) is 22.7 Å². The quantitative estimate of drug-likeness (QED) is 0.632. The molecule has 1 heterocycles. The summed E-state index contributed by atoms with van der Waals surface area (Å²) < 4.78 is 0. The maximum atomic E-state index is 13.2. The molecule has 4 rings (SSSR count). The van der Waals surface area contributed by atoms with Crippen LogP contribution in [0.25, 0.3) is 0 Å². The van der Waals surface area contributed by atoms with Crippen LogP contribution in [0.15, 0.2) is 36.4 Å². The van der Waals surface area contributed by atoms with Crippen LogP contribution in [0.1, 0.15) is 53.6 Å². The Bertz CT molecular complexity index is 1170. The molecule has 9 heteroatoms. The van der Waals surface area contributed by atoms with Crippen molar-refractivity contribution in [1.82, 2.24) is 9.80 Å². The first kappa shape index (κ1) is 24.2. The summed E-state index contributed by atoms with van der Waals surface area (Å²) in [6, 6.07) is 9.31. The lowest BCUT2D eigenvalue weighted by atomic mass is 9.94. The van der Waals surface area contributed by atoms with Crippen molar-refractivity contribution in [2.75, 3.05) is 12.4 Å². The number of Topliss-reactive ketones (excluding diaryl/α,β-unsaturated/α-hetero) is 2. The summed E-state index contributed by atoms with van der Waals surface area (Å²) in [4.78, 5) is 53.7. The SMILES string of the molecule is CN(Cc1cccc2c1CN(C1CCC(=O)CCCC1=O)C2=O)C(=O)Nc1ccc(Cl)c(Cl)c1. The van der Waals surface area contributed by atoms with Gasteiger partial charge in [-0.3, -0.25) is 14.4 Å². The first-order chi connectivity index (χ1) is 16.2. The molecule has 1 atom stereocenters. The topological polar surface area (TPSA) is 86.8 Å². The van der Waals surface area contributed by atoms with Gasteiger partial charge in [0.25, 0.3) is 5.91 Å². The van der Waals surface area contributed by atoms with Crippen molar-refractivity contribution in [2.24, 2.45) is 0 Å². The van der Waals surface area contributed by atoms with Crippen LogP contribution in [0.3, 0.4) is 0 Å². The second-order valence-electron chi connectivity index (χ2n) is 8.70. The van der Waals surface area contributed by atoms with Gasteiger partial charge in [0, 0.05) is 50.7 Å². The van der Waals surface area contributed by atoms with Crippen LogP contribution in [-0.4, -0.2) is 46.4 Å². The molecular weight excluding hydrogens is 477 g/mol. The van der Waals surface area contributed by atoms with E-state index in [1.54, 1.807) is 42.3 Å². The third kappa shape index (κ3) is 5.10. The van der Waals surface area contributed by atoms with Gasteiger partial charge in [-0.2, -0.15) is 0 Å². The molecule has 0 radical (unpaired) electrons. The second-order valence-corrected chi connectivity index (χ2v) is 9.52. The number of amides is 3. The van der Waals surface area contributed by atoms with Crippen molar-refractivity contribution < 1.29 is 19.2 Å². The monoisotopic (exact) mass is 501 g/mol. The highest BCUT2D eigenvalue weighted by atomic mass is 35.5. The zero-order valence-corrected chi connectivity index (χ0v) is 20.3. The van der Waals surface area contributed by atoms with Crippen molar-refractivity contribution in [3.63, 3.8) is 0 Å². The summed E-state index contributed by atoms with van der Waals surface area (Å²) in [6.07, 6.45) is 1.93. The zero-order chi connectivity index (χ0) is 24.4. The average molecular weight is 502 g/mol. The fraction of sp³-hybridized carbons (Fsp3) is 0.360. The molecule has 1 saturated carbocycles. The zero-order valence-electron chi connectivity index (χ0n) is 18.8. The lowest BCUT2D eigenvalue weighted by molar-refractivity contribution is -0.126. The van der Waals surface area contributed by atoms with Crippen LogP contribution in [0.4, 0.5) is 10.5 Å². The molecule has 3 amide bonds. The van der Waals surface area contributed by atoms with Crippen molar-refractivity contribution in [1.29, 1.82) is 0 Å². The Kier molecular flexibility index (Phi) is 7.24. The number of urea groups is 1. The average Bonchev–Trinajstić information content (AvgIpc) is 3.12. The van der Waals surface area contributed by atoms with E-state index in [1.807, 2.05) is 6.07 Å². The molecule has 2 aliphatic rings. The van der Waals surface area contributed by atoms with Crippen LogP contribution in [0.2, 0.25) is 10.0 Å². The summed E-state index contributed by atoms with van der Waals surface area (Å²) in [5.74, 6) is -0.0589. The number of hydrogen-bond donors (Lipinski definition) is 1. The molecule has 0 saturated heterocycles. The number of ketones is 2. The van der Waals surface area contributed by atoms with E-state index in [1.165, 1.54) is 4.90 Å². The number of nitrogens with one attached hydrogen (secondary N) is 1. The molecule has 1 fully saturated rings. The van der Waals surface area contributed by atoms with Gasteiger partial charge in [-0.1, -0.05) is 35.3 Å². The Morgan fingerprint density at radius 1 is 1.09 bits per heavy atom. The molecule has 0 aromatic heterocycles. The lowest BCUT2D eigenvalue weighted by Crippen LogP contribution is -2.42. The van der Waals surface area contributed by atoms with E-state index < -0.39 is 6.04 Å². The van der Waals surface area contributed by atoms with Gasteiger partial charge in [0.2, 0.25) is 0 Å². The van der Waals surface area contributed by atoms with Gasteiger partial charge >= 0.3 is 6.03 Å². The summed E-state index contributed by atoms with van der Waals surface area (Å²) in [6.45, 7) is 0.561. The van der Waals surface area contributed by atoms with Crippen molar-refractivity contribution in [3.8, 4) is 0 Å². The molecule has 1 aliphatic heterocycles. The summed E-state index contributed by atoms with van der Waals surface area (Å²) in [5, 5.41) is 3.52. The number of anilines is 1. The number of hydrogen-bond acceptors (Lipinski definition) is 4. The minimum atomic E-state index is -0.590. The van der Waals surface area contributed by atoms with Crippen molar-refractivity contribution in [2.45, 2.75) is 51.2 Å². The maximum Gasteiger partial charge on any atom is 0.321 e. The highest BCUT2D eigenvalue weighted by molar-refractivity contribution is 6.42. The lowest BCUT2D eigenvalue weighted by Gasteiger charge is -2.28. The summed E-state index contributed by atoms with van der Waals surface area (Å²) >= 11 is 12.0. The highest BCUT2D eigenvalue weighted by Gasteiger charge is 2.37. The fourth-order valence-electron chi connectivity index (χ4n) is 4.48. The van der Waals surface area contributed by atoms with E-state index in [0.717, 1.165) is 11.1 Å². The number of halogens is 2. The molecule has 0 bridgehead atoms. The number of nitrogens with zero attached hydrogens (tertiary/aromatic N) is 2. The second kappa shape index (κ2) is 10.2. The molecule has 1 aliphatic carbocycles. The minimum absolute atomic E-state index is 0.00771. The number of carbonyl (C=O) groups excluding carboxylic acids is 4. The van der Waals surface area contributed by atoms with Crippen LogP contribution in [0.5, 0.6) is 0 Å². The predicted molar refractivity (Wildman–Crippen MR) is 130 cm³/mol. The van der Waals surface area contributed by atoms with Gasteiger partial charge < -0.3 is 15.1 Å². The number of benzene rings is 2. The normalized spacial score (nSPS) is 18.4. The number of fused-ring (bicyclic) bond motifs is 1. The molecule has 1 N–H and O–H groups in total. The largest absolute Gasteiger partial charge is 0.324 e. The van der Waals surface area contributed by atoms with Crippen LogP contribution >= 0.6 is 23.2 Å². The van der Waals surface area contributed by atoms with E-state index >= 15 is 0 Å². The fourth-order valence-corrected chi connectivity index (χ4v) is 4.78. The maximum absolute atomic E-state index is 13.2. The van der Waals surface area contributed by atoms with Crippen molar-refractivity contribution >= 4 is 52.4 Å². The predicted octanol–water partition coefficient (Wildman–Crippen LogP) is 5.08.